The molecule has 5 heteroatoms. The largest absolute Gasteiger partial charge is 0.398 e. The minimum Gasteiger partial charge on any atom is -0.398 e. The Morgan fingerprint density at radius 1 is 1.30 bits per heavy atom. The van der Waals surface area contributed by atoms with Crippen LogP contribution < -0.4 is 5.73 Å². The maximum Gasteiger partial charge on any atom is 0.272 e. The lowest BCUT2D eigenvalue weighted by molar-refractivity contribution is 0.0729. The maximum atomic E-state index is 12.8. The van der Waals surface area contributed by atoms with Crippen LogP contribution in [-0.4, -0.2) is 22.3 Å². The summed E-state index contributed by atoms with van der Waals surface area (Å²) in [5.74, 6) is -0.645. The smallest absolute Gasteiger partial charge is 0.272 e. The van der Waals surface area contributed by atoms with E-state index in [2.05, 4.69) is 4.98 Å². The molecule has 0 bridgehead atoms. The van der Waals surface area contributed by atoms with Gasteiger partial charge in [0.25, 0.3) is 5.91 Å². The first-order valence-electron chi connectivity index (χ1n) is 6.42. The molecule has 1 aliphatic rings. The molecule has 4 nitrogen and oxygen atoms in total. The van der Waals surface area contributed by atoms with Gasteiger partial charge in [0.2, 0.25) is 0 Å². The Bertz CT molecular complexity index is 655. The monoisotopic (exact) mass is 271 g/mol. The van der Waals surface area contributed by atoms with E-state index in [1.165, 1.54) is 17.7 Å². The molecule has 102 valence electrons. The topological polar surface area (TPSA) is 59.2 Å². The van der Waals surface area contributed by atoms with E-state index in [9.17, 15) is 9.18 Å². The van der Waals surface area contributed by atoms with Crippen molar-refractivity contribution in [3.63, 3.8) is 0 Å². The summed E-state index contributed by atoms with van der Waals surface area (Å²) in [7, 11) is 0. The standard InChI is InChI=1S/C15H14FN3O/c16-11-4-5-14(18-8-11)15(20)19-7-6-10-2-1-3-13(17)12(10)9-19/h1-5,8H,6-7,9,17H2. The minimum absolute atomic E-state index is 0.195. The molecule has 0 unspecified atom stereocenters. The molecule has 0 radical (unpaired) electrons. The second kappa shape index (κ2) is 4.92. The number of fused-ring (bicyclic) bond motifs is 1. The van der Waals surface area contributed by atoms with E-state index in [1.54, 1.807) is 4.90 Å². The van der Waals surface area contributed by atoms with Crippen LogP contribution in [0.25, 0.3) is 0 Å². The molecule has 3 rings (SSSR count). The number of nitrogens with two attached hydrogens (primary N) is 1. The maximum absolute atomic E-state index is 12.8. The van der Waals surface area contributed by atoms with Crippen molar-refractivity contribution in [3.8, 4) is 0 Å². The number of anilines is 1. The number of amides is 1. The van der Waals surface area contributed by atoms with Gasteiger partial charge in [0.1, 0.15) is 11.5 Å². The third-order valence-electron chi connectivity index (χ3n) is 3.54. The van der Waals surface area contributed by atoms with E-state index in [0.29, 0.717) is 18.8 Å². The number of pyridine rings is 1. The molecule has 0 saturated carbocycles. The van der Waals surface area contributed by atoms with Crippen LogP contribution in [0.2, 0.25) is 0 Å². The zero-order chi connectivity index (χ0) is 14.1. The van der Waals surface area contributed by atoms with Crippen LogP contribution in [0.3, 0.4) is 0 Å². The molecule has 2 N–H and O–H groups in total. The van der Waals surface area contributed by atoms with E-state index < -0.39 is 5.82 Å². The van der Waals surface area contributed by atoms with Gasteiger partial charge in [-0.25, -0.2) is 9.37 Å². The Hall–Kier alpha value is -2.43. The third kappa shape index (κ3) is 2.22. The second-order valence-corrected chi connectivity index (χ2v) is 4.82. The highest BCUT2D eigenvalue weighted by molar-refractivity contribution is 5.92. The van der Waals surface area contributed by atoms with E-state index in [4.69, 9.17) is 5.73 Å². The average molecular weight is 271 g/mol. The normalized spacial score (nSPS) is 13.9. The predicted molar refractivity (Wildman–Crippen MR) is 73.5 cm³/mol. The number of hydrogen-bond donors (Lipinski definition) is 1. The average Bonchev–Trinajstić information content (AvgIpc) is 2.47. The number of nitrogens with zero attached hydrogens (tertiary/aromatic N) is 2. The Morgan fingerprint density at radius 2 is 2.15 bits per heavy atom. The molecule has 1 aromatic heterocycles. The molecular formula is C15H14FN3O. The van der Waals surface area contributed by atoms with E-state index in [1.807, 2.05) is 18.2 Å². The fourth-order valence-electron chi connectivity index (χ4n) is 2.44. The number of hydrogen-bond acceptors (Lipinski definition) is 3. The molecule has 1 aliphatic heterocycles. The van der Waals surface area contributed by atoms with Gasteiger partial charge < -0.3 is 10.6 Å². The Morgan fingerprint density at radius 3 is 2.90 bits per heavy atom. The number of carbonyl (C=O) groups is 1. The first-order valence-corrected chi connectivity index (χ1v) is 6.42. The van der Waals surface area contributed by atoms with Gasteiger partial charge in [0.05, 0.1) is 6.20 Å². The quantitative estimate of drug-likeness (QED) is 0.807. The van der Waals surface area contributed by atoms with Gasteiger partial charge in [0, 0.05) is 18.8 Å². The van der Waals surface area contributed by atoms with E-state index in [0.717, 1.165) is 18.2 Å². The first kappa shape index (κ1) is 12.6. The molecule has 0 aliphatic carbocycles. The first-order chi connectivity index (χ1) is 9.65. The molecule has 2 aromatic rings. The molecule has 1 aromatic carbocycles. The minimum atomic E-state index is -0.449. The van der Waals surface area contributed by atoms with Crippen molar-refractivity contribution < 1.29 is 9.18 Å². The molecular weight excluding hydrogens is 257 g/mol. The van der Waals surface area contributed by atoms with Crippen molar-refractivity contribution in [1.29, 1.82) is 0 Å². The van der Waals surface area contributed by atoms with Gasteiger partial charge in [-0.2, -0.15) is 0 Å². The second-order valence-electron chi connectivity index (χ2n) is 4.82. The van der Waals surface area contributed by atoms with Crippen molar-refractivity contribution in [2.45, 2.75) is 13.0 Å². The lowest BCUT2D eigenvalue weighted by Gasteiger charge is -2.29. The molecule has 2 heterocycles. The fourth-order valence-corrected chi connectivity index (χ4v) is 2.44. The Labute approximate surface area is 116 Å². The van der Waals surface area contributed by atoms with E-state index >= 15 is 0 Å². The summed E-state index contributed by atoms with van der Waals surface area (Å²) in [6.07, 6.45) is 1.83. The van der Waals surface area contributed by atoms with Crippen molar-refractivity contribution in [3.05, 3.63) is 59.2 Å². The van der Waals surface area contributed by atoms with Crippen molar-refractivity contribution in [1.82, 2.24) is 9.88 Å². The molecule has 1 amide bonds. The number of halogens is 1. The van der Waals surface area contributed by atoms with Gasteiger partial charge >= 0.3 is 0 Å². The van der Waals surface area contributed by atoms with Crippen LogP contribution in [0.5, 0.6) is 0 Å². The van der Waals surface area contributed by atoms with Gasteiger partial charge in [-0.1, -0.05) is 12.1 Å². The summed E-state index contributed by atoms with van der Waals surface area (Å²) in [6, 6.07) is 8.44. The zero-order valence-electron chi connectivity index (χ0n) is 10.8. The zero-order valence-corrected chi connectivity index (χ0v) is 10.8. The van der Waals surface area contributed by atoms with Crippen LogP contribution in [0, 0.1) is 5.82 Å². The van der Waals surface area contributed by atoms with Crippen LogP contribution >= 0.6 is 0 Å². The van der Waals surface area contributed by atoms with Gasteiger partial charge in [-0.05, 0) is 35.7 Å². The predicted octanol–water partition coefficient (Wildman–Crippen LogP) is 2.00. The summed E-state index contributed by atoms with van der Waals surface area (Å²) in [5, 5.41) is 0. The van der Waals surface area contributed by atoms with Crippen LogP contribution in [0.15, 0.2) is 36.5 Å². The number of benzene rings is 1. The lowest BCUT2D eigenvalue weighted by Crippen LogP contribution is -2.36. The van der Waals surface area contributed by atoms with Gasteiger partial charge in [-0.3, -0.25) is 4.79 Å². The SMILES string of the molecule is Nc1cccc2c1CN(C(=O)c1ccc(F)cn1)CC2. The summed E-state index contributed by atoms with van der Waals surface area (Å²) < 4.78 is 12.8. The Balaban J connectivity index is 1.85. The highest BCUT2D eigenvalue weighted by atomic mass is 19.1. The molecule has 20 heavy (non-hydrogen) atoms. The third-order valence-corrected chi connectivity index (χ3v) is 3.54. The van der Waals surface area contributed by atoms with Crippen molar-refractivity contribution in [2.75, 3.05) is 12.3 Å². The molecule has 0 saturated heterocycles. The van der Waals surface area contributed by atoms with E-state index in [-0.39, 0.29) is 11.6 Å². The van der Waals surface area contributed by atoms with Gasteiger partial charge in [0.15, 0.2) is 0 Å². The number of carbonyl (C=O) groups excluding carboxylic acids is 1. The molecule has 0 spiro atoms. The number of aromatic nitrogens is 1. The highest BCUT2D eigenvalue weighted by Crippen LogP contribution is 2.25. The summed E-state index contributed by atoms with van der Waals surface area (Å²) in [4.78, 5) is 17.9. The van der Waals surface area contributed by atoms with Crippen LogP contribution in [-0.2, 0) is 13.0 Å². The molecule has 0 fully saturated rings. The summed E-state index contributed by atoms with van der Waals surface area (Å²) in [6.45, 7) is 1.09. The fraction of sp³-hybridized carbons (Fsp3) is 0.200. The van der Waals surface area contributed by atoms with Crippen molar-refractivity contribution >= 4 is 11.6 Å². The highest BCUT2D eigenvalue weighted by Gasteiger charge is 2.23. The van der Waals surface area contributed by atoms with Gasteiger partial charge in [-0.15, -0.1) is 0 Å². The summed E-state index contributed by atoms with van der Waals surface area (Å²) in [5.41, 5.74) is 9.09. The van der Waals surface area contributed by atoms with Crippen LogP contribution in [0.4, 0.5) is 10.1 Å². The number of rotatable bonds is 1. The molecule has 0 atom stereocenters. The summed E-state index contributed by atoms with van der Waals surface area (Å²) >= 11 is 0. The Kier molecular flexibility index (Phi) is 3.10. The van der Waals surface area contributed by atoms with Crippen molar-refractivity contribution in [2.24, 2.45) is 0 Å². The lowest BCUT2D eigenvalue weighted by atomic mass is 9.98. The van der Waals surface area contributed by atoms with Crippen LogP contribution in [0.1, 0.15) is 21.6 Å². The number of nitrogen functional groups attached to an aromatic ring is 1.